The summed E-state index contributed by atoms with van der Waals surface area (Å²) in [5.74, 6) is 0.750. The SMILES string of the molecule is COC(OC)c1ccnc(N2CCN(C)CC2)n1. The standard InChI is InChI=1S/C12H20N4O2/c1-15-6-8-16(9-7-15)12-13-5-4-10(14-12)11(17-2)18-3/h4-5,11H,6-9H2,1-3H3. The number of ether oxygens (including phenoxy) is 2. The Balaban J connectivity index is 2.11. The average molecular weight is 252 g/mol. The van der Waals surface area contributed by atoms with Crippen LogP contribution in [0, 0.1) is 0 Å². The van der Waals surface area contributed by atoms with Gasteiger partial charge in [-0.05, 0) is 13.1 Å². The lowest BCUT2D eigenvalue weighted by molar-refractivity contribution is -0.108. The molecule has 0 aromatic carbocycles. The third-order valence-corrected chi connectivity index (χ3v) is 3.12. The summed E-state index contributed by atoms with van der Waals surface area (Å²) >= 11 is 0. The van der Waals surface area contributed by atoms with Crippen molar-refractivity contribution in [1.29, 1.82) is 0 Å². The van der Waals surface area contributed by atoms with Gasteiger partial charge in [0.2, 0.25) is 12.2 Å². The molecule has 2 rings (SSSR count). The van der Waals surface area contributed by atoms with Gasteiger partial charge in [0.15, 0.2) is 0 Å². The van der Waals surface area contributed by atoms with E-state index in [1.165, 1.54) is 0 Å². The summed E-state index contributed by atoms with van der Waals surface area (Å²) in [5.41, 5.74) is 0.754. The van der Waals surface area contributed by atoms with Crippen LogP contribution in [0.1, 0.15) is 12.0 Å². The molecule has 100 valence electrons. The first kappa shape index (κ1) is 13.2. The normalized spacial score (nSPS) is 17.4. The molecule has 6 heteroatoms. The van der Waals surface area contributed by atoms with Gasteiger partial charge in [0.1, 0.15) is 5.69 Å². The highest BCUT2D eigenvalue weighted by Gasteiger charge is 2.18. The van der Waals surface area contributed by atoms with Gasteiger partial charge in [-0.15, -0.1) is 0 Å². The molecule has 0 bridgehead atoms. The molecule has 0 aliphatic carbocycles. The molecule has 2 heterocycles. The van der Waals surface area contributed by atoms with Crippen LogP contribution in [0.4, 0.5) is 5.95 Å². The van der Waals surface area contributed by atoms with Crippen molar-refractivity contribution in [2.45, 2.75) is 6.29 Å². The Morgan fingerprint density at radius 1 is 1.17 bits per heavy atom. The summed E-state index contributed by atoms with van der Waals surface area (Å²) in [6.45, 7) is 3.96. The zero-order valence-electron chi connectivity index (χ0n) is 11.2. The molecule has 1 aromatic heterocycles. The molecule has 1 fully saturated rings. The Morgan fingerprint density at radius 3 is 2.44 bits per heavy atom. The Morgan fingerprint density at radius 2 is 1.83 bits per heavy atom. The summed E-state index contributed by atoms with van der Waals surface area (Å²) < 4.78 is 10.4. The molecule has 0 radical (unpaired) electrons. The maximum absolute atomic E-state index is 5.21. The largest absolute Gasteiger partial charge is 0.350 e. The van der Waals surface area contributed by atoms with E-state index in [0.717, 1.165) is 37.8 Å². The van der Waals surface area contributed by atoms with Crippen LogP contribution in [0.2, 0.25) is 0 Å². The van der Waals surface area contributed by atoms with E-state index >= 15 is 0 Å². The van der Waals surface area contributed by atoms with Crippen molar-refractivity contribution in [3.05, 3.63) is 18.0 Å². The summed E-state index contributed by atoms with van der Waals surface area (Å²) in [6.07, 6.45) is 1.32. The molecule has 0 saturated carbocycles. The molecular weight excluding hydrogens is 232 g/mol. The van der Waals surface area contributed by atoms with Gasteiger partial charge >= 0.3 is 0 Å². The van der Waals surface area contributed by atoms with Gasteiger partial charge in [0, 0.05) is 46.6 Å². The van der Waals surface area contributed by atoms with Crippen LogP contribution in [0.5, 0.6) is 0 Å². The zero-order valence-corrected chi connectivity index (χ0v) is 11.2. The third-order valence-electron chi connectivity index (χ3n) is 3.12. The van der Waals surface area contributed by atoms with Crippen LogP contribution < -0.4 is 4.90 Å². The minimum atomic E-state index is -0.431. The lowest BCUT2D eigenvalue weighted by Gasteiger charge is -2.32. The van der Waals surface area contributed by atoms with Gasteiger partial charge < -0.3 is 19.3 Å². The highest BCUT2D eigenvalue weighted by atomic mass is 16.7. The average Bonchev–Trinajstić information content (AvgIpc) is 2.41. The minimum Gasteiger partial charge on any atom is -0.350 e. The number of anilines is 1. The molecule has 1 aliphatic heterocycles. The summed E-state index contributed by atoms with van der Waals surface area (Å²) in [5, 5.41) is 0. The Labute approximate surface area is 108 Å². The van der Waals surface area contributed by atoms with Crippen LogP contribution >= 0.6 is 0 Å². The fourth-order valence-corrected chi connectivity index (χ4v) is 1.99. The molecule has 18 heavy (non-hydrogen) atoms. The van der Waals surface area contributed by atoms with E-state index in [2.05, 4.69) is 26.8 Å². The smallest absolute Gasteiger partial charge is 0.225 e. The monoisotopic (exact) mass is 252 g/mol. The van der Waals surface area contributed by atoms with E-state index in [1.807, 2.05) is 6.07 Å². The number of hydrogen-bond acceptors (Lipinski definition) is 6. The second-order valence-corrected chi connectivity index (χ2v) is 4.38. The Kier molecular flexibility index (Phi) is 4.46. The number of methoxy groups -OCH3 is 2. The predicted octanol–water partition coefficient (Wildman–Crippen LogP) is 0.520. The fourth-order valence-electron chi connectivity index (χ4n) is 1.99. The second-order valence-electron chi connectivity index (χ2n) is 4.38. The van der Waals surface area contributed by atoms with E-state index in [1.54, 1.807) is 20.4 Å². The lowest BCUT2D eigenvalue weighted by Crippen LogP contribution is -2.45. The van der Waals surface area contributed by atoms with Crippen molar-refractivity contribution in [2.75, 3.05) is 52.3 Å². The number of hydrogen-bond donors (Lipinski definition) is 0. The number of piperazine rings is 1. The van der Waals surface area contributed by atoms with Crippen LogP contribution in [0.15, 0.2) is 12.3 Å². The van der Waals surface area contributed by atoms with Crippen LogP contribution in [0.3, 0.4) is 0 Å². The summed E-state index contributed by atoms with van der Waals surface area (Å²) in [7, 11) is 5.33. The van der Waals surface area contributed by atoms with Gasteiger partial charge in [-0.3, -0.25) is 0 Å². The van der Waals surface area contributed by atoms with E-state index < -0.39 is 6.29 Å². The molecule has 0 spiro atoms. The number of aromatic nitrogens is 2. The number of likely N-dealkylation sites (N-methyl/N-ethyl adjacent to an activating group) is 1. The molecule has 0 amide bonds. The Hall–Kier alpha value is -1.24. The van der Waals surface area contributed by atoms with Crippen LogP contribution in [-0.2, 0) is 9.47 Å². The molecule has 6 nitrogen and oxygen atoms in total. The quantitative estimate of drug-likeness (QED) is 0.728. The first-order chi connectivity index (χ1) is 8.74. The molecule has 1 saturated heterocycles. The van der Waals surface area contributed by atoms with Gasteiger partial charge in [0.05, 0.1) is 0 Å². The van der Waals surface area contributed by atoms with Crippen molar-refractivity contribution in [3.63, 3.8) is 0 Å². The first-order valence-corrected chi connectivity index (χ1v) is 6.06. The van der Waals surface area contributed by atoms with E-state index in [4.69, 9.17) is 9.47 Å². The molecule has 0 atom stereocenters. The van der Waals surface area contributed by atoms with E-state index in [-0.39, 0.29) is 0 Å². The maximum atomic E-state index is 5.21. The van der Waals surface area contributed by atoms with E-state index in [9.17, 15) is 0 Å². The number of nitrogens with zero attached hydrogens (tertiary/aromatic N) is 4. The van der Waals surface area contributed by atoms with Gasteiger partial charge in [0.25, 0.3) is 0 Å². The van der Waals surface area contributed by atoms with Gasteiger partial charge in [-0.2, -0.15) is 0 Å². The van der Waals surface area contributed by atoms with Crippen molar-refractivity contribution in [3.8, 4) is 0 Å². The lowest BCUT2D eigenvalue weighted by atomic mass is 10.3. The molecule has 1 aromatic rings. The van der Waals surface area contributed by atoms with Crippen molar-refractivity contribution < 1.29 is 9.47 Å². The molecule has 1 aliphatic rings. The van der Waals surface area contributed by atoms with Crippen molar-refractivity contribution >= 4 is 5.95 Å². The maximum Gasteiger partial charge on any atom is 0.225 e. The highest BCUT2D eigenvalue weighted by molar-refractivity contribution is 5.31. The Bertz CT molecular complexity index is 376. The van der Waals surface area contributed by atoms with Crippen molar-refractivity contribution in [1.82, 2.24) is 14.9 Å². The molecule has 0 unspecified atom stereocenters. The molecular formula is C12H20N4O2. The minimum absolute atomic E-state index is 0.431. The third kappa shape index (κ3) is 2.95. The first-order valence-electron chi connectivity index (χ1n) is 6.06. The van der Waals surface area contributed by atoms with E-state index in [0.29, 0.717) is 0 Å². The second kappa shape index (κ2) is 6.08. The van der Waals surface area contributed by atoms with Crippen LogP contribution in [0.25, 0.3) is 0 Å². The molecule has 0 N–H and O–H groups in total. The van der Waals surface area contributed by atoms with Gasteiger partial charge in [-0.25, -0.2) is 9.97 Å². The van der Waals surface area contributed by atoms with Crippen LogP contribution in [-0.4, -0.2) is 62.3 Å². The number of rotatable bonds is 4. The summed E-state index contributed by atoms with van der Waals surface area (Å²) in [4.78, 5) is 13.3. The predicted molar refractivity (Wildman–Crippen MR) is 68.5 cm³/mol. The fraction of sp³-hybridized carbons (Fsp3) is 0.667. The topological polar surface area (TPSA) is 50.7 Å². The summed E-state index contributed by atoms with van der Waals surface area (Å²) in [6, 6.07) is 1.82. The van der Waals surface area contributed by atoms with Crippen molar-refractivity contribution in [2.24, 2.45) is 0 Å². The zero-order chi connectivity index (χ0) is 13.0. The highest BCUT2D eigenvalue weighted by Crippen LogP contribution is 2.17. The van der Waals surface area contributed by atoms with Gasteiger partial charge in [-0.1, -0.05) is 0 Å².